The lowest BCUT2D eigenvalue weighted by Crippen LogP contribution is -2.49. The number of amides is 1. The molecule has 10 heteroatoms. The van der Waals surface area contributed by atoms with Crippen LogP contribution in [0.4, 0.5) is 13.2 Å². The number of alkyl halides is 3. The molecule has 1 unspecified atom stereocenters. The maximum absolute atomic E-state index is 12.9. The highest BCUT2D eigenvalue weighted by molar-refractivity contribution is 6.30. The molecule has 3 atom stereocenters. The molecule has 32 heavy (non-hydrogen) atoms. The van der Waals surface area contributed by atoms with E-state index in [1.165, 1.54) is 0 Å². The summed E-state index contributed by atoms with van der Waals surface area (Å²) in [5.41, 5.74) is 1.96. The van der Waals surface area contributed by atoms with E-state index < -0.39 is 24.2 Å². The summed E-state index contributed by atoms with van der Waals surface area (Å²) in [5, 5.41) is 21.1. The Labute approximate surface area is 188 Å². The van der Waals surface area contributed by atoms with E-state index >= 15 is 0 Å². The van der Waals surface area contributed by atoms with Crippen LogP contribution in [-0.4, -0.2) is 59.4 Å². The number of aliphatic hydroxyl groups is 1. The molecule has 6 nitrogen and oxygen atoms in total. The molecule has 1 aliphatic heterocycles. The molecule has 0 aromatic heterocycles. The fraction of sp³-hybridized carbons (Fsp3) is 0.364. The first-order valence-electron chi connectivity index (χ1n) is 9.76. The lowest BCUT2D eigenvalue weighted by Gasteiger charge is -2.34. The number of carboxylic acid groups (broad SMARTS) is 1. The van der Waals surface area contributed by atoms with Crippen LogP contribution in [0, 0.1) is 5.92 Å². The third-order valence-corrected chi connectivity index (χ3v) is 5.23. The van der Waals surface area contributed by atoms with Gasteiger partial charge in [-0.25, -0.2) is 4.79 Å². The minimum atomic E-state index is -5.08. The van der Waals surface area contributed by atoms with Gasteiger partial charge in [-0.05, 0) is 36.7 Å². The molecule has 0 aliphatic carbocycles. The molecule has 3 rings (SSSR count). The second kappa shape index (κ2) is 11.3. The van der Waals surface area contributed by atoms with Gasteiger partial charge in [0.05, 0.1) is 18.1 Å². The lowest BCUT2D eigenvalue weighted by molar-refractivity contribution is -0.192. The Balaban J connectivity index is 0.000000451. The summed E-state index contributed by atoms with van der Waals surface area (Å²) in [5.74, 6) is -3.30. The Kier molecular flexibility index (Phi) is 9.06. The second-order valence-corrected chi connectivity index (χ2v) is 7.87. The third-order valence-electron chi connectivity index (χ3n) is 4.98. The van der Waals surface area contributed by atoms with Crippen molar-refractivity contribution in [3.63, 3.8) is 0 Å². The number of hydrogen-bond acceptors (Lipinski definition) is 4. The summed E-state index contributed by atoms with van der Waals surface area (Å²) in [6.07, 6.45) is -5.07. The molecule has 0 radical (unpaired) electrons. The molecule has 1 saturated heterocycles. The molecule has 174 valence electrons. The number of rotatable bonds is 4. The van der Waals surface area contributed by atoms with Gasteiger partial charge in [-0.1, -0.05) is 54.1 Å². The zero-order valence-electron chi connectivity index (χ0n) is 17.2. The van der Waals surface area contributed by atoms with Crippen molar-refractivity contribution in [1.29, 1.82) is 0 Å². The monoisotopic (exact) mass is 472 g/mol. The Morgan fingerprint density at radius 3 is 2.16 bits per heavy atom. The molecule has 1 fully saturated rings. The number of carbonyl (C=O) groups is 2. The van der Waals surface area contributed by atoms with Crippen molar-refractivity contribution in [2.24, 2.45) is 5.92 Å². The highest BCUT2D eigenvalue weighted by atomic mass is 35.5. The van der Waals surface area contributed by atoms with E-state index in [1.807, 2.05) is 61.6 Å². The van der Waals surface area contributed by atoms with Crippen molar-refractivity contribution in [2.75, 3.05) is 20.1 Å². The Morgan fingerprint density at radius 2 is 1.62 bits per heavy atom. The van der Waals surface area contributed by atoms with Gasteiger partial charge in [0, 0.05) is 18.1 Å². The maximum atomic E-state index is 12.9. The number of nitrogens with zero attached hydrogens (tertiary/aromatic N) is 1. The molecular weight excluding hydrogens is 449 g/mol. The molecule has 1 amide bonds. The van der Waals surface area contributed by atoms with Crippen LogP contribution in [-0.2, 0) is 9.59 Å². The van der Waals surface area contributed by atoms with Gasteiger partial charge in [0.1, 0.15) is 0 Å². The minimum absolute atomic E-state index is 0.122. The maximum Gasteiger partial charge on any atom is 0.490 e. The average molecular weight is 473 g/mol. The Morgan fingerprint density at radius 1 is 1.09 bits per heavy atom. The number of carboxylic acids is 1. The molecule has 2 aromatic carbocycles. The standard InChI is InChI=1S/C20H23ClN2O2.C2HF3O2/c1-23-12-11-18(24)17(13-23)20(25)22-19(14-5-3-2-4-6-14)15-7-9-16(21)10-8-15;3-2(4,5)1(6)7/h2-10,17-19,24H,11-13H2,1H3,(H,22,25);(H,6,7)/t17-,18-,19?;/m1./s1. The van der Waals surface area contributed by atoms with E-state index in [4.69, 9.17) is 21.5 Å². The van der Waals surface area contributed by atoms with Crippen LogP contribution >= 0.6 is 11.6 Å². The van der Waals surface area contributed by atoms with Gasteiger partial charge < -0.3 is 20.4 Å². The summed E-state index contributed by atoms with van der Waals surface area (Å²) < 4.78 is 31.7. The summed E-state index contributed by atoms with van der Waals surface area (Å²) in [6, 6.07) is 17.0. The summed E-state index contributed by atoms with van der Waals surface area (Å²) in [6.45, 7) is 1.37. The molecule has 0 saturated carbocycles. The summed E-state index contributed by atoms with van der Waals surface area (Å²) >= 11 is 6.00. The predicted molar refractivity (Wildman–Crippen MR) is 113 cm³/mol. The molecular formula is C22H24ClF3N2O4. The average Bonchev–Trinajstić information content (AvgIpc) is 2.74. The van der Waals surface area contributed by atoms with E-state index in [0.717, 1.165) is 17.7 Å². The van der Waals surface area contributed by atoms with E-state index in [9.17, 15) is 23.1 Å². The quantitative estimate of drug-likeness (QED) is 0.634. The van der Waals surface area contributed by atoms with Crippen molar-refractivity contribution in [1.82, 2.24) is 10.2 Å². The fourth-order valence-corrected chi connectivity index (χ4v) is 3.40. The molecule has 0 bridgehead atoms. The molecule has 1 heterocycles. The van der Waals surface area contributed by atoms with E-state index in [2.05, 4.69) is 10.2 Å². The van der Waals surface area contributed by atoms with Crippen molar-refractivity contribution in [3.05, 3.63) is 70.7 Å². The normalized spacial score (nSPS) is 19.9. The smallest absolute Gasteiger partial charge is 0.475 e. The number of aliphatic carboxylic acids is 1. The first kappa shape index (κ1) is 25.6. The summed E-state index contributed by atoms with van der Waals surface area (Å²) in [7, 11) is 1.97. The van der Waals surface area contributed by atoms with Crippen LogP contribution in [0.5, 0.6) is 0 Å². The van der Waals surface area contributed by atoms with Crippen LogP contribution in [0.2, 0.25) is 5.02 Å². The van der Waals surface area contributed by atoms with E-state index in [0.29, 0.717) is 18.0 Å². The van der Waals surface area contributed by atoms with Crippen molar-refractivity contribution < 1.29 is 33.0 Å². The first-order valence-corrected chi connectivity index (χ1v) is 10.1. The number of aliphatic hydroxyl groups excluding tert-OH is 1. The van der Waals surface area contributed by atoms with E-state index in [-0.39, 0.29) is 11.9 Å². The topological polar surface area (TPSA) is 89.9 Å². The van der Waals surface area contributed by atoms with Crippen LogP contribution in [0.3, 0.4) is 0 Å². The van der Waals surface area contributed by atoms with Crippen LogP contribution in [0.25, 0.3) is 0 Å². The number of benzene rings is 2. The Bertz CT molecular complexity index is 894. The van der Waals surface area contributed by atoms with Gasteiger partial charge in [-0.15, -0.1) is 0 Å². The van der Waals surface area contributed by atoms with Crippen molar-refractivity contribution in [3.8, 4) is 0 Å². The SMILES string of the molecule is CN1CC[C@@H](O)[C@H](C(=O)NC(c2ccccc2)c2ccc(Cl)cc2)C1.O=C(O)C(F)(F)F. The molecule has 1 aliphatic rings. The fourth-order valence-electron chi connectivity index (χ4n) is 3.27. The molecule has 3 N–H and O–H groups in total. The number of piperidine rings is 1. The largest absolute Gasteiger partial charge is 0.490 e. The van der Waals surface area contributed by atoms with Crippen LogP contribution in [0.15, 0.2) is 54.6 Å². The van der Waals surface area contributed by atoms with Gasteiger partial charge in [0.25, 0.3) is 0 Å². The van der Waals surface area contributed by atoms with Gasteiger partial charge in [-0.3, -0.25) is 4.79 Å². The number of nitrogens with one attached hydrogen (secondary N) is 1. The molecule has 2 aromatic rings. The van der Waals surface area contributed by atoms with Gasteiger partial charge >= 0.3 is 12.1 Å². The number of carbonyl (C=O) groups excluding carboxylic acids is 1. The number of halogens is 4. The first-order chi connectivity index (χ1) is 15.0. The van der Waals surface area contributed by atoms with E-state index in [1.54, 1.807) is 0 Å². The summed E-state index contributed by atoms with van der Waals surface area (Å²) in [4.78, 5) is 23.8. The van der Waals surface area contributed by atoms with Crippen LogP contribution < -0.4 is 5.32 Å². The third kappa shape index (κ3) is 7.51. The zero-order chi connectivity index (χ0) is 23.9. The van der Waals surface area contributed by atoms with Crippen molar-refractivity contribution in [2.45, 2.75) is 24.7 Å². The van der Waals surface area contributed by atoms with Gasteiger partial charge in [0.2, 0.25) is 5.91 Å². The van der Waals surface area contributed by atoms with Gasteiger partial charge in [-0.2, -0.15) is 13.2 Å². The lowest BCUT2D eigenvalue weighted by atomic mass is 9.92. The predicted octanol–water partition coefficient (Wildman–Crippen LogP) is 3.49. The Hall–Kier alpha value is -2.62. The van der Waals surface area contributed by atoms with Gasteiger partial charge in [0.15, 0.2) is 0 Å². The molecule has 0 spiro atoms. The highest BCUT2D eigenvalue weighted by Crippen LogP contribution is 2.25. The number of hydrogen-bond donors (Lipinski definition) is 3. The van der Waals surface area contributed by atoms with Crippen LogP contribution in [0.1, 0.15) is 23.6 Å². The minimum Gasteiger partial charge on any atom is -0.475 e. The second-order valence-electron chi connectivity index (χ2n) is 7.43. The van der Waals surface area contributed by atoms with Crippen molar-refractivity contribution >= 4 is 23.5 Å². The number of likely N-dealkylation sites (tertiary alicyclic amines) is 1. The highest BCUT2D eigenvalue weighted by Gasteiger charge is 2.38. The zero-order valence-corrected chi connectivity index (χ0v) is 18.0.